The molecule has 2 N–H and O–H groups in total. The predicted molar refractivity (Wildman–Crippen MR) is 70.2 cm³/mol. The number of pyridine rings is 1. The zero-order valence-corrected chi connectivity index (χ0v) is 11.2. The molecule has 3 amide bonds. The van der Waals surface area contributed by atoms with Crippen molar-refractivity contribution < 1.29 is 18.9 Å². The van der Waals surface area contributed by atoms with Crippen molar-refractivity contribution in [1.82, 2.24) is 20.8 Å². The maximum atomic E-state index is 12.1. The van der Waals surface area contributed by atoms with Crippen LogP contribution < -0.4 is 10.6 Å². The molecule has 0 aliphatic carbocycles. The van der Waals surface area contributed by atoms with Crippen LogP contribution in [0.3, 0.4) is 0 Å². The Kier molecular flexibility index (Phi) is 3.13. The molecular weight excluding hydrogens is 276 g/mol. The van der Waals surface area contributed by atoms with Gasteiger partial charge < -0.3 is 9.84 Å². The van der Waals surface area contributed by atoms with Gasteiger partial charge in [0, 0.05) is 12.6 Å². The predicted octanol–water partition coefficient (Wildman–Crippen LogP) is 0.0662. The van der Waals surface area contributed by atoms with Gasteiger partial charge in [-0.25, -0.2) is 4.98 Å². The molecule has 1 unspecified atom stereocenters. The second kappa shape index (κ2) is 4.97. The average Bonchev–Trinajstić information content (AvgIpc) is 2.83. The fourth-order valence-electron chi connectivity index (χ4n) is 2.14. The number of fused-ring (bicyclic) bond motifs is 1. The normalized spacial score (nSPS) is 18.6. The van der Waals surface area contributed by atoms with Crippen LogP contribution in [0.4, 0.5) is 0 Å². The van der Waals surface area contributed by atoms with Crippen LogP contribution in [-0.4, -0.2) is 33.9 Å². The number of imide groups is 1. The largest absolute Gasteiger partial charge is 0.340 e. The molecule has 0 bridgehead atoms. The molecule has 0 saturated carbocycles. The van der Waals surface area contributed by atoms with E-state index >= 15 is 0 Å². The Morgan fingerprint density at radius 3 is 3.05 bits per heavy atom. The number of aromatic nitrogens is 2. The molecule has 8 nitrogen and oxygen atoms in total. The van der Waals surface area contributed by atoms with E-state index in [1.165, 1.54) is 6.20 Å². The highest BCUT2D eigenvalue weighted by atomic mass is 16.5. The maximum absolute atomic E-state index is 12.1. The molecule has 0 aromatic carbocycles. The van der Waals surface area contributed by atoms with E-state index in [4.69, 9.17) is 4.52 Å². The number of nitrogens with one attached hydrogen (secondary N) is 2. The third kappa shape index (κ3) is 2.47. The van der Waals surface area contributed by atoms with Crippen molar-refractivity contribution >= 4 is 28.8 Å². The van der Waals surface area contributed by atoms with Gasteiger partial charge in [0.2, 0.25) is 11.8 Å². The molecule has 108 valence electrons. The fourth-order valence-corrected chi connectivity index (χ4v) is 2.14. The number of hydrogen-bond donors (Lipinski definition) is 2. The topological polar surface area (TPSA) is 114 Å². The van der Waals surface area contributed by atoms with Gasteiger partial charge in [0.25, 0.3) is 11.6 Å². The third-order valence-electron chi connectivity index (χ3n) is 3.32. The van der Waals surface area contributed by atoms with Crippen molar-refractivity contribution in [2.24, 2.45) is 0 Å². The van der Waals surface area contributed by atoms with Crippen molar-refractivity contribution in [2.45, 2.75) is 25.8 Å². The van der Waals surface area contributed by atoms with E-state index in [9.17, 15) is 14.4 Å². The fraction of sp³-hybridized carbons (Fsp3) is 0.308. The van der Waals surface area contributed by atoms with Gasteiger partial charge in [0.1, 0.15) is 6.04 Å². The number of nitrogens with zero attached hydrogens (tertiary/aromatic N) is 2. The molecule has 2 aromatic rings. The van der Waals surface area contributed by atoms with Crippen LogP contribution in [-0.2, 0) is 9.59 Å². The highest BCUT2D eigenvalue weighted by Crippen LogP contribution is 2.17. The van der Waals surface area contributed by atoms with E-state index in [1.807, 2.05) is 0 Å². The molecule has 3 rings (SSSR count). The Balaban J connectivity index is 1.79. The third-order valence-corrected chi connectivity index (χ3v) is 3.32. The molecule has 1 aliphatic rings. The number of amides is 3. The van der Waals surface area contributed by atoms with Gasteiger partial charge in [-0.1, -0.05) is 5.16 Å². The van der Waals surface area contributed by atoms with Gasteiger partial charge >= 0.3 is 0 Å². The lowest BCUT2D eigenvalue weighted by Crippen LogP contribution is -2.52. The summed E-state index contributed by atoms with van der Waals surface area (Å²) in [7, 11) is 0. The van der Waals surface area contributed by atoms with Gasteiger partial charge in [-0.05, 0) is 19.4 Å². The Labute approximate surface area is 118 Å². The van der Waals surface area contributed by atoms with Crippen LogP contribution in [0.5, 0.6) is 0 Å². The number of carbonyl (C=O) groups excluding carboxylic acids is 3. The minimum absolute atomic E-state index is 0.207. The molecule has 0 radical (unpaired) electrons. The van der Waals surface area contributed by atoms with Gasteiger partial charge in [-0.3, -0.25) is 19.7 Å². The maximum Gasteiger partial charge on any atom is 0.257 e. The lowest BCUT2D eigenvalue weighted by molar-refractivity contribution is -0.134. The van der Waals surface area contributed by atoms with Crippen LogP contribution in [0, 0.1) is 6.92 Å². The summed E-state index contributed by atoms with van der Waals surface area (Å²) in [5, 5.41) is 9.18. The smallest absolute Gasteiger partial charge is 0.257 e. The summed E-state index contributed by atoms with van der Waals surface area (Å²) in [6.07, 6.45) is 1.85. The number of aryl methyl sites for hydroxylation is 1. The van der Waals surface area contributed by atoms with Crippen molar-refractivity contribution in [1.29, 1.82) is 0 Å². The summed E-state index contributed by atoms with van der Waals surface area (Å²) >= 11 is 0. The number of hydrogen-bond acceptors (Lipinski definition) is 6. The van der Waals surface area contributed by atoms with E-state index < -0.39 is 17.9 Å². The zero-order chi connectivity index (χ0) is 15.0. The first kappa shape index (κ1) is 13.2. The monoisotopic (exact) mass is 288 g/mol. The molecule has 3 heterocycles. The van der Waals surface area contributed by atoms with E-state index in [2.05, 4.69) is 20.8 Å². The quantitative estimate of drug-likeness (QED) is 0.756. The summed E-state index contributed by atoms with van der Waals surface area (Å²) in [6.45, 7) is 1.75. The SMILES string of the molecule is Cc1noc2ncc(C(=O)NC3CCC(=O)NC3=O)cc12. The molecule has 0 spiro atoms. The molecule has 2 aromatic heterocycles. The van der Waals surface area contributed by atoms with Crippen molar-refractivity contribution in [3.8, 4) is 0 Å². The Morgan fingerprint density at radius 2 is 2.29 bits per heavy atom. The molecule has 1 atom stereocenters. The van der Waals surface area contributed by atoms with Crippen LogP contribution in [0.25, 0.3) is 11.1 Å². The number of carbonyl (C=O) groups is 3. The highest BCUT2D eigenvalue weighted by Gasteiger charge is 2.28. The minimum Gasteiger partial charge on any atom is -0.340 e. The Bertz CT molecular complexity index is 752. The van der Waals surface area contributed by atoms with Gasteiger partial charge in [-0.15, -0.1) is 0 Å². The van der Waals surface area contributed by atoms with E-state index in [-0.39, 0.29) is 12.3 Å². The van der Waals surface area contributed by atoms with Crippen molar-refractivity contribution in [3.63, 3.8) is 0 Å². The first-order valence-corrected chi connectivity index (χ1v) is 6.41. The lowest BCUT2D eigenvalue weighted by atomic mass is 10.1. The van der Waals surface area contributed by atoms with Gasteiger partial charge in [0.05, 0.1) is 16.6 Å². The summed E-state index contributed by atoms with van der Waals surface area (Å²) < 4.78 is 4.97. The van der Waals surface area contributed by atoms with E-state index in [1.54, 1.807) is 13.0 Å². The second-order valence-corrected chi connectivity index (χ2v) is 4.82. The molecule has 1 saturated heterocycles. The molecule has 1 aliphatic heterocycles. The van der Waals surface area contributed by atoms with Crippen molar-refractivity contribution in [2.75, 3.05) is 0 Å². The highest BCUT2D eigenvalue weighted by molar-refractivity contribution is 6.04. The minimum atomic E-state index is -0.713. The number of piperidine rings is 1. The molecular formula is C13H12N4O4. The summed E-state index contributed by atoms with van der Waals surface area (Å²) in [5.41, 5.74) is 1.29. The number of rotatable bonds is 2. The van der Waals surface area contributed by atoms with E-state index in [0.29, 0.717) is 28.8 Å². The zero-order valence-electron chi connectivity index (χ0n) is 11.2. The Hall–Kier alpha value is -2.77. The molecule has 8 heteroatoms. The Morgan fingerprint density at radius 1 is 1.48 bits per heavy atom. The molecule has 21 heavy (non-hydrogen) atoms. The first-order chi connectivity index (χ1) is 10.0. The van der Waals surface area contributed by atoms with Gasteiger partial charge in [-0.2, -0.15) is 0 Å². The summed E-state index contributed by atoms with van der Waals surface area (Å²) in [6, 6.07) is 0.893. The van der Waals surface area contributed by atoms with Gasteiger partial charge in [0.15, 0.2) is 0 Å². The summed E-state index contributed by atoms with van der Waals surface area (Å²) in [4.78, 5) is 38.8. The lowest BCUT2D eigenvalue weighted by Gasteiger charge is -2.21. The van der Waals surface area contributed by atoms with Crippen molar-refractivity contribution in [3.05, 3.63) is 23.5 Å². The van der Waals surface area contributed by atoms with Crippen LogP contribution in [0.1, 0.15) is 28.9 Å². The van der Waals surface area contributed by atoms with Crippen LogP contribution >= 0.6 is 0 Å². The summed E-state index contributed by atoms with van der Waals surface area (Å²) in [5.74, 6) is -1.25. The molecule has 1 fully saturated rings. The van der Waals surface area contributed by atoms with Crippen LogP contribution in [0.15, 0.2) is 16.8 Å². The van der Waals surface area contributed by atoms with Crippen LogP contribution in [0.2, 0.25) is 0 Å². The standard InChI is InChI=1S/C13H12N4O4/c1-6-8-4-7(5-14-13(8)21-17-6)11(19)15-9-2-3-10(18)16-12(9)20/h4-5,9H,2-3H2,1H3,(H,15,19)(H,16,18,20). The average molecular weight is 288 g/mol. The second-order valence-electron chi connectivity index (χ2n) is 4.82. The van der Waals surface area contributed by atoms with E-state index in [0.717, 1.165) is 0 Å². The first-order valence-electron chi connectivity index (χ1n) is 6.41.